The summed E-state index contributed by atoms with van der Waals surface area (Å²) < 4.78 is 10.4. The molecule has 0 saturated heterocycles. The first-order chi connectivity index (χ1) is 13.7. The molecular formula is C21H21ClN2O4S. The molecule has 0 spiro atoms. The second-order valence-electron chi connectivity index (χ2n) is 6.90. The Morgan fingerprint density at radius 2 is 1.93 bits per heavy atom. The SMILES string of the molecule is CCOC(=O)c1c(-c2ccc(Cl)cc2)csc1N/C=C(/C#N)C(=O)OC(C)(C)C. The predicted molar refractivity (Wildman–Crippen MR) is 114 cm³/mol. The van der Waals surface area contributed by atoms with Crippen molar-refractivity contribution < 1.29 is 19.1 Å². The van der Waals surface area contributed by atoms with Crippen molar-refractivity contribution in [2.45, 2.75) is 33.3 Å². The number of hydrogen-bond donors (Lipinski definition) is 1. The number of nitrogens with zero attached hydrogens (tertiary/aromatic N) is 1. The van der Waals surface area contributed by atoms with Crippen LogP contribution < -0.4 is 5.32 Å². The number of anilines is 1. The van der Waals surface area contributed by atoms with Gasteiger partial charge in [-0.25, -0.2) is 9.59 Å². The van der Waals surface area contributed by atoms with Crippen LogP contribution in [0, 0.1) is 11.3 Å². The summed E-state index contributed by atoms with van der Waals surface area (Å²) >= 11 is 7.20. The van der Waals surface area contributed by atoms with E-state index in [4.69, 9.17) is 21.1 Å². The van der Waals surface area contributed by atoms with E-state index in [-0.39, 0.29) is 12.2 Å². The first-order valence-electron chi connectivity index (χ1n) is 8.81. The van der Waals surface area contributed by atoms with E-state index in [1.54, 1.807) is 57.3 Å². The molecule has 0 bridgehead atoms. The molecule has 0 aliphatic rings. The number of ether oxygens (including phenoxy) is 2. The molecule has 6 nitrogen and oxygen atoms in total. The zero-order valence-corrected chi connectivity index (χ0v) is 18.1. The molecule has 0 unspecified atom stereocenters. The van der Waals surface area contributed by atoms with Crippen molar-refractivity contribution in [3.8, 4) is 17.2 Å². The van der Waals surface area contributed by atoms with Crippen molar-refractivity contribution in [2.24, 2.45) is 0 Å². The molecule has 8 heteroatoms. The van der Waals surface area contributed by atoms with Gasteiger partial charge < -0.3 is 14.8 Å². The van der Waals surface area contributed by atoms with E-state index in [1.165, 1.54) is 17.5 Å². The first-order valence-corrected chi connectivity index (χ1v) is 10.1. The van der Waals surface area contributed by atoms with Crippen LogP contribution in [0.1, 0.15) is 38.1 Å². The van der Waals surface area contributed by atoms with Crippen molar-refractivity contribution in [2.75, 3.05) is 11.9 Å². The van der Waals surface area contributed by atoms with Gasteiger partial charge in [0.05, 0.1) is 6.61 Å². The second-order valence-corrected chi connectivity index (χ2v) is 8.21. The summed E-state index contributed by atoms with van der Waals surface area (Å²) in [6, 6.07) is 8.87. The fourth-order valence-electron chi connectivity index (χ4n) is 2.32. The Morgan fingerprint density at radius 3 is 2.48 bits per heavy atom. The van der Waals surface area contributed by atoms with Crippen molar-refractivity contribution in [3.63, 3.8) is 0 Å². The maximum atomic E-state index is 12.6. The minimum atomic E-state index is -0.750. The van der Waals surface area contributed by atoms with Crippen LogP contribution in [-0.4, -0.2) is 24.1 Å². The summed E-state index contributed by atoms with van der Waals surface area (Å²) in [4.78, 5) is 24.7. The molecule has 0 radical (unpaired) electrons. The van der Waals surface area contributed by atoms with Crippen LogP contribution in [0.5, 0.6) is 0 Å². The lowest BCUT2D eigenvalue weighted by Crippen LogP contribution is -2.24. The Kier molecular flexibility index (Phi) is 7.43. The summed E-state index contributed by atoms with van der Waals surface area (Å²) in [7, 11) is 0. The smallest absolute Gasteiger partial charge is 0.350 e. The Bertz CT molecular complexity index is 966. The van der Waals surface area contributed by atoms with Gasteiger partial charge in [0.15, 0.2) is 5.57 Å². The maximum Gasteiger partial charge on any atom is 0.350 e. The van der Waals surface area contributed by atoms with Gasteiger partial charge in [0.2, 0.25) is 0 Å². The highest BCUT2D eigenvalue weighted by Gasteiger charge is 2.23. The van der Waals surface area contributed by atoms with E-state index < -0.39 is 17.5 Å². The number of rotatable bonds is 6. The maximum absolute atomic E-state index is 12.6. The standard InChI is InChI=1S/C21H21ClN2O4S/c1-5-27-20(26)17-16(13-6-8-15(22)9-7-13)12-29-18(17)24-11-14(10-23)19(25)28-21(2,3)4/h6-9,11-12,24H,5H2,1-4H3/b14-11-. The van der Waals surface area contributed by atoms with Crippen LogP contribution in [-0.2, 0) is 14.3 Å². The topological polar surface area (TPSA) is 88.4 Å². The molecule has 0 saturated carbocycles. The van der Waals surface area contributed by atoms with Gasteiger partial charge in [-0.1, -0.05) is 23.7 Å². The molecule has 0 amide bonds. The van der Waals surface area contributed by atoms with Crippen molar-refractivity contribution in [3.05, 3.63) is 52.0 Å². The molecular weight excluding hydrogens is 412 g/mol. The number of nitrogens with one attached hydrogen (secondary N) is 1. The molecule has 0 aliphatic heterocycles. The lowest BCUT2D eigenvalue weighted by Gasteiger charge is -2.18. The number of esters is 2. The van der Waals surface area contributed by atoms with E-state index in [2.05, 4.69) is 5.32 Å². The molecule has 0 atom stereocenters. The highest BCUT2D eigenvalue weighted by molar-refractivity contribution is 7.15. The molecule has 1 N–H and O–H groups in total. The van der Waals surface area contributed by atoms with Gasteiger partial charge in [-0.15, -0.1) is 11.3 Å². The van der Waals surface area contributed by atoms with Gasteiger partial charge >= 0.3 is 11.9 Å². The highest BCUT2D eigenvalue weighted by atomic mass is 35.5. The molecule has 0 aliphatic carbocycles. The highest BCUT2D eigenvalue weighted by Crippen LogP contribution is 2.36. The van der Waals surface area contributed by atoms with Crippen LogP contribution in [0.25, 0.3) is 11.1 Å². The van der Waals surface area contributed by atoms with Gasteiger partial charge in [0.1, 0.15) is 22.2 Å². The number of carbonyl (C=O) groups is 2. The average Bonchev–Trinajstić information content (AvgIpc) is 3.05. The minimum absolute atomic E-state index is 0.212. The van der Waals surface area contributed by atoms with Crippen LogP contribution in [0.4, 0.5) is 5.00 Å². The monoisotopic (exact) mass is 432 g/mol. The molecule has 2 rings (SSSR count). The van der Waals surface area contributed by atoms with E-state index in [1.807, 2.05) is 6.07 Å². The van der Waals surface area contributed by atoms with Crippen LogP contribution in [0.15, 0.2) is 41.4 Å². The third kappa shape index (κ3) is 6.08. The molecule has 152 valence electrons. The Balaban J connectivity index is 2.39. The van der Waals surface area contributed by atoms with Gasteiger partial charge in [-0.2, -0.15) is 5.26 Å². The molecule has 0 fully saturated rings. The third-order valence-electron chi connectivity index (χ3n) is 3.51. The van der Waals surface area contributed by atoms with E-state index >= 15 is 0 Å². The summed E-state index contributed by atoms with van der Waals surface area (Å²) in [5.74, 6) is -1.26. The van der Waals surface area contributed by atoms with Gasteiger partial charge in [-0.3, -0.25) is 0 Å². The number of hydrogen-bond acceptors (Lipinski definition) is 7. The lowest BCUT2D eigenvalue weighted by atomic mass is 10.0. The predicted octanol–water partition coefficient (Wildman–Crippen LogP) is 5.41. The van der Waals surface area contributed by atoms with Crippen LogP contribution >= 0.6 is 22.9 Å². The van der Waals surface area contributed by atoms with Gasteiger partial charge in [0.25, 0.3) is 0 Å². The number of thiophene rings is 1. The third-order valence-corrected chi connectivity index (χ3v) is 4.68. The number of carbonyl (C=O) groups excluding carboxylic acids is 2. The number of halogens is 1. The molecule has 29 heavy (non-hydrogen) atoms. The van der Waals surface area contributed by atoms with Crippen molar-refractivity contribution in [1.82, 2.24) is 0 Å². The molecule has 1 heterocycles. The van der Waals surface area contributed by atoms with E-state index in [9.17, 15) is 14.9 Å². The van der Waals surface area contributed by atoms with Crippen molar-refractivity contribution in [1.29, 1.82) is 5.26 Å². The summed E-state index contributed by atoms with van der Waals surface area (Å²) in [5.41, 5.74) is 0.830. The average molecular weight is 433 g/mol. The van der Waals surface area contributed by atoms with Crippen LogP contribution in [0.2, 0.25) is 5.02 Å². The Labute approximate surface area is 178 Å². The van der Waals surface area contributed by atoms with E-state index in [0.29, 0.717) is 21.2 Å². The van der Waals surface area contributed by atoms with Crippen LogP contribution in [0.3, 0.4) is 0 Å². The summed E-state index contributed by atoms with van der Waals surface area (Å²) in [6.45, 7) is 7.07. The summed E-state index contributed by atoms with van der Waals surface area (Å²) in [6.07, 6.45) is 1.23. The molecule has 1 aromatic heterocycles. The number of nitriles is 1. The zero-order chi connectivity index (χ0) is 21.6. The summed E-state index contributed by atoms with van der Waals surface area (Å²) in [5, 5.41) is 15.0. The molecule has 1 aromatic carbocycles. The van der Waals surface area contributed by atoms with Gasteiger partial charge in [-0.05, 0) is 45.4 Å². The Hall–Kier alpha value is -2.82. The lowest BCUT2D eigenvalue weighted by molar-refractivity contribution is -0.149. The quantitative estimate of drug-likeness (QED) is 0.373. The fraction of sp³-hybridized carbons (Fsp3) is 0.286. The Morgan fingerprint density at radius 1 is 1.28 bits per heavy atom. The zero-order valence-electron chi connectivity index (χ0n) is 16.5. The van der Waals surface area contributed by atoms with Crippen molar-refractivity contribution >= 4 is 39.9 Å². The van der Waals surface area contributed by atoms with Gasteiger partial charge in [0, 0.05) is 22.2 Å². The largest absolute Gasteiger partial charge is 0.462 e. The number of benzene rings is 1. The first kappa shape index (κ1) is 22.5. The van der Waals surface area contributed by atoms with E-state index in [0.717, 1.165) is 5.56 Å². The molecule has 2 aromatic rings. The fourth-order valence-corrected chi connectivity index (χ4v) is 3.37. The second kappa shape index (κ2) is 9.59. The normalized spacial score (nSPS) is 11.5. The minimum Gasteiger partial charge on any atom is -0.462 e.